The number of aromatic nitrogens is 2. The van der Waals surface area contributed by atoms with Gasteiger partial charge in [0.05, 0.1) is 34.8 Å². The molecule has 2 aliphatic rings. The van der Waals surface area contributed by atoms with Crippen LogP contribution in [0.1, 0.15) is 30.7 Å². The second kappa shape index (κ2) is 8.46. The Morgan fingerprint density at radius 2 is 1.97 bits per heavy atom. The summed E-state index contributed by atoms with van der Waals surface area (Å²) < 4.78 is 25.6. The molecular formula is C21H24N6O3S. The lowest BCUT2D eigenvalue weighted by atomic mass is 10.2. The lowest BCUT2D eigenvalue weighted by Crippen LogP contribution is -2.36. The summed E-state index contributed by atoms with van der Waals surface area (Å²) in [5.74, 6) is 0. The summed E-state index contributed by atoms with van der Waals surface area (Å²) in [5, 5.41) is 8.84. The molecule has 9 nitrogen and oxygen atoms in total. The highest BCUT2D eigenvalue weighted by Gasteiger charge is 2.24. The number of hydrogen-bond donors (Lipinski definition) is 1. The Kier molecular flexibility index (Phi) is 5.73. The molecule has 0 atom stereocenters. The molecule has 2 aromatic heterocycles. The van der Waals surface area contributed by atoms with Gasteiger partial charge < -0.3 is 10.2 Å². The largest absolute Gasteiger partial charge is 0.332 e. The first-order valence-corrected chi connectivity index (χ1v) is 11.5. The standard InChI is InChI=1S/C21H24N6O3S/c1-15(2)27-8-6-20(12-25-27)31(29,30)19-4-3-18(23-11-19)10-24-21(28)26-13-16-5-7-22-9-17(16)14-26/h3-7,9,11-12,15H,8,10,13-14H2,1-2H3,(H,24,28). The molecule has 0 unspecified atom stereocenters. The van der Waals surface area contributed by atoms with Gasteiger partial charge in [0.2, 0.25) is 9.84 Å². The van der Waals surface area contributed by atoms with Crippen molar-refractivity contribution in [3.05, 3.63) is 64.6 Å². The minimum absolute atomic E-state index is 0.0979. The molecule has 0 radical (unpaired) electrons. The highest BCUT2D eigenvalue weighted by molar-refractivity contribution is 7.96. The number of nitrogens with one attached hydrogen (secondary N) is 1. The fraction of sp³-hybridized carbons (Fsp3) is 0.333. The van der Waals surface area contributed by atoms with Gasteiger partial charge >= 0.3 is 6.03 Å². The molecule has 1 N–H and O–H groups in total. The third kappa shape index (κ3) is 4.43. The fourth-order valence-electron chi connectivity index (χ4n) is 3.39. The Hall–Kier alpha value is -3.27. The number of hydrazone groups is 1. The minimum Gasteiger partial charge on any atom is -0.332 e. The Balaban J connectivity index is 1.35. The zero-order valence-corrected chi connectivity index (χ0v) is 18.2. The molecule has 0 saturated carbocycles. The zero-order chi connectivity index (χ0) is 22.0. The summed E-state index contributed by atoms with van der Waals surface area (Å²) in [6, 6.07) is 5.02. The smallest absolute Gasteiger partial charge is 0.318 e. The van der Waals surface area contributed by atoms with E-state index in [1.807, 2.05) is 19.9 Å². The van der Waals surface area contributed by atoms with Gasteiger partial charge in [0.25, 0.3) is 0 Å². The number of urea groups is 1. The van der Waals surface area contributed by atoms with Gasteiger partial charge in [0.1, 0.15) is 0 Å². The summed E-state index contributed by atoms with van der Waals surface area (Å²) in [6.45, 7) is 5.69. The second-order valence-electron chi connectivity index (χ2n) is 7.71. The van der Waals surface area contributed by atoms with Crippen molar-refractivity contribution in [1.82, 2.24) is 25.2 Å². The first-order chi connectivity index (χ1) is 14.8. The van der Waals surface area contributed by atoms with Crippen LogP contribution in [0, 0.1) is 0 Å². The quantitative estimate of drug-likeness (QED) is 0.763. The number of amides is 2. The van der Waals surface area contributed by atoms with Crippen LogP contribution in [0.5, 0.6) is 0 Å². The third-order valence-corrected chi connectivity index (χ3v) is 7.02. The summed E-state index contributed by atoms with van der Waals surface area (Å²) in [6.07, 6.45) is 7.83. The fourth-order valence-corrected chi connectivity index (χ4v) is 4.58. The van der Waals surface area contributed by atoms with Gasteiger partial charge in [-0.15, -0.1) is 0 Å². The van der Waals surface area contributed by atoms with Gasteiger partial charge in [-0.3, -0.25) is 15.0 Å². The molecule has 2 aliphatic heterocycles. The molecule has 2 aromatic rings. The van der Waals surface area contributed by atoms with Crippen LogP contribution < -0.4 is 5.32 Å². The number of rotatable bonds is 5. The van der Waals surface area contributed by atoms with E-state index in [0.29, 0.717) is 25.3 Å². The maximum absolute atomic E-state index is 12.8. The molecule has 0 aromatic carbocycles. The molecule has 0 fully saturated rings. The highest BCUT2D eigenvalue weighted by atomic mass is 32.2. The molecular weight excluding hydrogens is 416 g/mol. The van der Waals surface area contributed by atoms with Crippen LogP contribution in [0.3, 0.4) is 0 Å². The van der Waals surface area contributed by atoms with Crippen LogP contribution in [0.4, 0.5) is 4.79 Å². The minimum atomic E-state index is -3.68. The van der Waals surface area contributed by atoms with Crippen LogP contribution >= 0.6 is 0 Å². The number of sulfone groups is 1. The van der Waals surface area contributed by atoms with Crippen LogP contribution in [-0.2, 0) is 29.5 Å². The summed E-state index contributed by atoms with van der Waals surface area (Å²) >= 11 is 0. The Bertz CT molecular complexity index is 1120. The van der Waals surface area contributed by atoms with Gasteiger partial charge in [-0.2, -0.15) is 5.10 Å². The van der Waals surface area contributed by atoms with Gasteiger partial charge in [-0.25, -0.2) is 13.2 Å². The van der Waals surface area contributed by atoms with E-state index in [1.165, 1.54) is 18.5 Å². The monoisotopic (exact) mass is 440 g/mol. The van der Waals surface area contributed by atoms with E-state index in [4.69, 9.17) is 0 Å². The summed E-state index contributed by atoms with van der Waals surface area (Å²) in [7, 11) is -3.68. The lowest BCUT2D eigenvalue weighted by Gasteiger charge is -2.24. The average molecular weight is 441 g/mol. The van der Waals surface area contributed by atoms with Crippen molar-refractivity contribution in [2.45, 2.75) is 44.4 Å². The van der Waals surface area contributed by atoms with Crippen molar-refractivity contribution < 1.29 is 13.2 Å². The van der Waals surface area contributed by atoms with Crippen LogP contribution in [0.15, 0.2) is 57.8 Å². The number of carbonyl (C=O) groups excluding carboxylic acids is 1. The number of hydrogen-bond acceptors (Lipinski definition) is 7. The first kappa shape index (κ1) is 21.0. The van der Waals surface area contributed by atoms with Crippen molar-refractivity contribution in [3.63, 3.8) is 0 Å². The lowest BCUT2D eigenvalue weighted by molar-refractivity contribution is 0.198. The number of carbonyl (C=O) groups is 1. The van der Waals surface area contributed by atoms with E-state index < -0.39 is 9.84 Å². The molecule has 2 amide bonds. The van der Waals surface area contributed by atoms with Crippen LogP contribution in [0.2, 0.25) is 0 Å². The summed E-state index contributed by atoms with van der Waals surface area (Å²) in [5.41, 5.74) is 2.71. The van der Waals surface area contributed by atoms with E-state index in [2.05, 4.69) is 20.4 Å². The van der Waals surface area contributed by atoms with E-state index in [9.17, 15) is 13.2 Å². The second-order valence-corrected chi connectivity index (χ2v) is 9.66. The molecule has 31 heavy (non-hydrogen) atoms. The Morgan fingerprint density at radius 1 is 1.16 bits per heavy atom. The predicted molar refractivity (Wildman–Crippen MR) is 116 cm³/mol. The van der Waals surface area contributed by atoms with E-state index in [0.717, 1.165) is 11.1 Å². The van der Waals surface area contributed by atoms with Gasteiger partial charge in [0, 0.05) is 37.7 Å². The summed E-state index contributed by atoms with van der Waals surface area (Å²) in [4.78, 5) is 22.7. The first-order valence-electron chi connectivity index (χ1n) is 10.00. The predicted octanol–water partition coefficient (Wildman–Crippen LogP) is 2.07. The molecule has 4 rings (SSSR count). The van der Waals surface area contributed by atoms with Gasteiger partial charge in [-0.05, 0) is 49.2 Å². The molecule has 10 heteroatoms. The van der Waals surface area contributed by atoms with Crippen molar-refractivity contribution >= 4 is 22.1 Å². The van der Waals surface area contributed by atoms with Gasteiger partial charge in [-0.1, -0.05) is 0 Å². The van der Waals surface area contributed by atoms with Crippen molar-refractivity contribution in [2.24, 2.45) is 5.10 Å². The number of fused-ring (bicyclic) bond motifs is 1. The number of pyridine rings is 2. The average Bonchev–Trinajstić information content (AvgIpc) is 3.22. The van der Waals surface area contributed by atoms with Crippen molar-refractivity contribution in [1.29, 1.82) is 0 Å². The Labute approximate surface area is 181 Å². The Morgan fingerprint density at radius 3 is 2.61 bits per heavy atom. The normalized spacial score (nSPS) is 15.8. The molecule has 0 aliphatic carbocycles. The molecule has 0 saturated heterocycles. The topological polar surface area (TPSA) is 108 Å². The van der Waals surface area contributed by atoms with Crippen molar-refractivity contribution in [2.75, 3.05) is 6.54 Å². The highest BCUT2D eigenvalue weighted by Crippen LogP contribution is 2.22. The zero-order valence-electron chi connectivity index (χ0n) is 17.4. The van der Waals surface area contributed by atoms with Crippen molar-refractivity contribution in [3.8, 4) is 0 Å². The molecule has 0 bridgehead atoms. The SMILES string of the molecule is CC(C)N1CC=C(S(=O)(=O)c2ccc(CNC(=O)N3Cc4ccncc4C3)nc2)C=N1. The van der Waals surface area contributed by atoms with E-state index in [-0.39, 0.29) is 28.4 Å². The van der Waals surface area contributed by atoms with Crippen LogP contribution in [-0.4, -0.2) is 53.1 Å². The number of allylic oxidation sites excluding steroid dienone is 1. The third-order valence-electron chi connectivity index (χ3n) is 5.26. The molecule has 0 spiro atoms. The maximum Gasteiger partial charge on any atom is 0.318 e. The number of nitrogens with zero attached hydrogens (tertiary/aromatic N) is 5. The van der Waals surface area contributed by atoms with E-state index >= 15 is 0 Å². The van der Waals surface area contributed by atoms with Gasteiger partial charge in [0.15, 0.2) is 0 Å². The molecule has 4 heterocycles. The molecule has 162 valence electrons. The van der Waals surface area contributed by atoms with Crippen LogP contribution in [0.25, 0.3) is 0 Å². The van der Waals surface area contributed by atoms with E-state index in [1.54, 1.807) is 34.4 Å². The maximum atomic E-state index is 12.8.